The minimum absolute atomic E-state index is 0.0681. The van der Waals surface area contributed by atoms with Crippen molar-refractivity contribution in [1.82, 2.24) is 9.13 Å². The van der Waals surface area contributed by atoms with E-state index < -0.39 is 11.6 Å². The quantitative estimate of drug-likeness (QED) is 0.482. The van der Waals surface area contributed by atoms with E-state index in [1.807, 2.05) is 6.07 Å². The molecule has 7 nitrogen and oxygen atoms in total. The van der Waals surface area contributed by atoms with E-state index in [1.54, 1.807) is 61.0 Å². The summed E-state index contributed by atoms with van der Waals surface area (Å²) in [5.41, 5.74) is 0.758. The zero-order valence-corrected chi connectivity index (χ0v) is 18.1. The third-order valence-electron chi connectivity index (χ3n) is 4.72. The summed E-state index contributed by atoms with van der Waals surface area (Å²) in [5, 5.41) is 4.95. The predicted octanol–water partition coefficient (Wildman–Crippen LogP) is 3.57. The summed E-state index contributed by atoms with van der Waals surface area (Å²) >= 11 is 7.20. The maximum absolute atomic E-state index is 13.2. The maximum Gasteiger partial charge on any atom is 0.332 e. The number of fused-ring (bicyclic) bond motifs is 1. The molecule has 2 aromatic heterocycles. The highest BCUT2D eigenvalue weighted by atomic mass is 35.5. The van der Waals surface area contributed by atoms with Crippen LogP contribution in [0, 0.1) is 0 Å². The van der Waals surface area contributed by atoms with Crippen LogP contribution in [0.4, 0.5) is 5.69 Å². The molecule has 0 saturated heterocycles. The highest BCUT2D eigenvalue weighted by molar-refractivity contribution is 7.17. The lowest BCUT2D eigenvalue weighted by Crippen LogP contribution is -2.41. The second-order valence-corrected chi connectivity index (χ2v) is 8.16. The van der Waals surface area contributed by atoms with Crippen molar-refractivity contribution in [3.8, 4) is 5.75 Å². The molecule has 0 atom stereocenters. The first kappa shape index (κ1) is 20.9. The largest absolute Gasteiger partial charge is 0.497 e. The van der Waals surface area contributed by atoms with Gasteiger partial charge in [0.05, 0.1) is 19.2 Å². The second kappa shape index (κ2) is 8.79. The number of amides is 1. The molecule has 0 aliphatic rings. The Bertz CT molecular complexity index is 1390. The van der Waals surface area contributed by atoms with Gasteiger partial charge in [0.1, 0.15) is 17.0 Å². The Kier molecular flexibility index (Phi) is 5.92. The molecule has 0 fully saturated rings. The average Bonchev–Trinajstić information content (AvgIpc) is 3.24. The molecular formula is C22H18ClN3O4S. The Morgan fingerprint density at radius 2 is 1.90 bits per heavy atom. The van der Waals surface area contributed by atoms with Crippen LogP contribution in [0.2, 0.25) is 5.02 Å². The van der Waals surface area contributed by atoms with Crippen molar-refractivity contribution < 1.29 is 9.53 Å². The first-order valence-electron chi connectivity index (χ1n) is 9.35. The fourth-order valence-corrected chi connectivity index (χ4v) is 4.32. The molecule has 158 valence electrons. The average molecular weight is 456 g/mol. The minimum atomic E-state index is -0.556. The van der Waals surface area contributed by atoms with E-state index in [-0.39, 0.29) is 18.6 Å². The molecule has 1 amide bonds. The lowest BCUT2D eigenvalue weighted by Gasteiger charge is -2.13. The Morgan fingerprint density at radius 3 is 2.68 bits per heavy atom. The molecular weight excluding hydrogens is 438 g/mol. The van der Waals surface area contributed by atoms with Crippen LogP contribution in [0.15, 0.2) is 69.6 Å². The molecule has 0 aliphatic heterocycles. The number of thiophene rings is 1. The SMILES string of the molecule is COc1cccc(Cn2c(=O)c3sccc3n(CC(=O)Nc3cccc(Cl)c3)c2=O)c1. The van der Waals surface area contributed by atoms with Crippen LogP contribution in [-0.2, 0) is 17.9 Å². The molecule has 31 heavy (non-hydrogen) atoms. The van der Waals surface area contributed by atoms with E-state index in [2.05, 4.69) is 5.32 Å². The summed E-state index contributed by atoms with van der Waals surface area (Å²) in [6, 6.07) is 15.6. The molecule has 2 aromatic carbocycles. The number of methoxy groups -OCH3 is 1. The van der Waals surface area contributed by atoms with E-state index in [9.17, 15) is 14.4 Å². The molecule has 4 aromatic rings. The number of nitrogens with zero attached hydrogens (tertiary/aromatic N) is 2. The molecule has 0 unspecified atom stereocenters. The molecule has 4 rings (SSSR count). The normalized spacial score (nSPS) is 10.9. The van der Waals surface area contributed by atoms with Gasteiger partial charge in [0, 0.05) is 10.7 Å². The van der Waals surface area contributed by atoms with Gasteiger partial charge in [-0.25, -0.2) is 4.79 Å². The smallest absolute Gasteiger partial charge is 0.332 e. The number of carbonyl (C=O) groups excluding carboxylic acids is 1. The number of anilines is 1. The predicted molar refractivity (Wildman–Crippen MR) is 123 cm³/mol. The summed E-state index contributed by atoms with van der Waals surface area (Å²) in [5.74, 6) is 0.229. The second-order valence-electron chi connectivity index (χ2n) is 6.81. The number of hydrogen-bond donors (Lipinski definition) is 1. The van der Waals surface area contributed by atoms with Gasteiger partial charge in [-0.1, -0.05) is 29.8 Å². The number of nitrogens with one attached hydrogen (secondary N) is 1. The Morgan fingerprint density at radius 1 is 1.10 bits per heavy atom. The summed E-state index contributed by atoms with van der Waals surface area (Å²) < 4.78 is 8.09. The van der Waals surface area contributed by atoms with E-state index in [0.717, 1.165) is 10.1 Å². The third kappa shape index (κ3) is 4.40. The Labute approximate surface area is 186 Å². The first-order chi connectivity index (χ1) is 15.0. The van der Waals surface area contributed by atoms with Crippen molar-refractivity contribution in [2.24, 2.45) is 0 Å². The lowest BCUT2D eigenvalue weighted by molar-refractivity contribution is -0.116. The third-order valence-corrected chi connectivity index (χ3v) is 5.85. The van der Waals surface area contributed by atoms with Gasteiger partial charge in [-0.15, -0.1) is 11.3 Å². The Hall–Kier alpha value is -3.36. The lowest BCUT2D eigenvalue weighted by atomic mass is 10.2. The summed E-state index contributed by atoms with van der Waals surface area (Å²) in [6.45, 7) is -0.171. The molecule has 0 radical (unpaired) electrons. The van der Waals surface area contributed by atoms with Gasteiger partial charge in [0.15, 0.2) is 0 Å². The fourth-order valence-electron chi connectivity index (χ4n) is 3.29. The zero-order chi connectivity index (χ0) is 22.0. The van der Waals surface area contributed by atoms with E-state index in [1.165, 1.54) is 15.9 Å². The fraction of sp³-hybridized carbons (Fsp3) is 0.136. The van der Waals surface area contributed by atoms with E-state index >= 15 is 0 Å². The van der Waals surface area contributed by atoms with Crippen LogP contribution in [0.1, 0.15) is 5.56 Å². The highest BCUT2D eigenvalue weighted by Gasteiger charge is 2.17. The van der Waals surface area contributed by atoms with Gasteiger partial charge >= 0.3 is 5.69 Å². The zero-order valence-electron chi connectivity index (χ0n) is 16.5. The van der Waals surface area contributed by atoms with Gasteiger partial charge in [0.25, 0.3) is 5.56 Å². The van der Waals surface area contributed by atoms with Crippen LogP contribution in [0.3, 0.4) is 0 Å². The first-order valence-corrected chi connectivity index (χ1v) is 10.6. The van der Waals surface area contributed by atoms with Gasteiger partial charge in [0.2, 0.25) is 5.91 Å². The molecule has 2 heterocycles. The molecule has 9 heteroatoms. The summed E-state index contributed by atoms with van der Waals surface area (Å²) in [4.78, 5) is 38.8. The van der Waals surface area contributed by atoms with Crippen LogP contribution in [0.25, 0.3) is 10.2 Å². The highest BCUT2D eigenvalue weighted by Crippen LogP contribution is 2.18. The monoisotopic (exact) mass is 455 g/mol. The number of halogens is 1. The molecule has 0 bridgehead atoms. The number of ether oxygens (including phenoxy) is 1. The van der Waals surface area contributed by atoms with Gasteiger partial charge < -0.3 is 10.1 Å². The van der Waals surface area contributed by atoms with Crippen molar-refractivity contribution in [2.75, 3.05) is 12.4 Å². The molecule has 0 spiro atoms. The number of hydrogen-bond acceptors (Lipinski definition) is 5. The van der Waals surface area contributed by atoms with Crippen molar-refractivity contribution in [3.63, 3.8) is 0 Å². The summed E-state index contributed by atoms with van der Waals surface area (Å²) in [6.07, 6.45) is 0. The number of benzene rings is 2. The molecule has 0 saturated carbocycles. The molecule has 1 N–H and O–H groups in total. The topological polar surface area (TPSA) is 82.3 Å². The van der Waals surface area contributed by atoms with Gasteiger partial charge in [-0.2, -0.15) is 0 Å². The standard InChI is InChI=1S/C22H18ClN3O4S/c1-30-17-7-2-4-14(10-17)12-26-21(28)20-18(8-9-31-20)25(22(26)29)13-19(27)24-16-6-3-5-15(23)11-16/h2-11H,12-13H2,1H3,(H,24,27). The summed E-state index contributed by atoms with van der Waals surface area (Å²) in [7, 11) is 1.55. The van der Waals surface area contributed by atoms with E-state index in [0.29, 0.717) is 26.7 Å². The number of aromatic nitrogens is 2. The van der Waals surface area contributed by atoms with Crippen molar-refractivity contribution >= 4 is 44.7 Å². The van der Waals surface area contributed by atoms with Crippen LogP contribution in [0.5, 0.6) is 5.75 Å². The minimum Gasteiger partial charge on any atom is -0.497 e. The van der Waals surface area contributed by atoms with Crippen LogP contribution < -0.4 is 21.3 Å². The van der Waals surface area contributed by atoms with Gasteiger partial charge in [-0.05, 0) is 47.3 Å². The number of rotatable bonds is 6. The van der Waals surface area contributed by atoms with Crippen LogP contribution in [-0.4, -0.2) is 22.2 Å². The van der Waals surface area contributed by atoms with Crippen molar-refractivity contribution in [1.29, 1.82) is 0 Å². The number of carbonyl (C=O) groups is 1. The van der Waals surface area contributed by atoms with Gasteiger partial charge in [-0.3, -0.25) is 18.7 Å². The molecule has 0 aliphatic carbocycles. The van der Waals surface area contributed by atoms with Crippen molar-refractivity contribution in [3.05, 3.63) is 91.4 Å². The van der Waals surface area contributed by atoms with Crippen LogP contribution >= 0.6 is 22.9 Å². The van der Waals surface area contributed by atoms with Crippen molar-refractivity contribution in [2.45, 2.75) is 13.1 Å². The maximum atomic E-state index is 13.2. The Balaban J connectivity index is 1.71. The van der Waals surface area contributed by atoms with E-state index in [4.69, 9.17) is 16.3 Å².